The van der Waals surface area contributed by atoms with Gasteiger partial charge in [0.15, 0.2) is 0 Å². The number of rotatable bonds is 5. The van der Waals surface area contributed by atoms with Crippen molar-refractivity contribution in [3.8, 4) is 0 Å². The van der Waals surface area contributed by atoms with E-state index in [0.717, 1.165) is 50.3 Å². The van der Waals surface area contributed by atoms with Crippen molar-refractivity contribution in [2.45, 2.75) is 51.2 Å². The Hall–Kier alpha value is -2.01. The van der Waals surface area contributed by atoms with Gasteiger partial charge in [0.05, 0.1) is 16.1 Å². The fraction of sp³-hybridized carbons (Fsp3) is 0.435. The van der Waals surface area contributed by atoms with E-state index in [9.17, 15) is 18.0 Å². The van der Waals surface area contributed by atoms with Crippen molar-refractivity contribution in [1.82, 2.24) is 5.32 Å². The molecular formula is C23H25ClF3NO. The number of benzene rings is 2. The number of hydrogen-bond donors (Lipinski definition) is 1. The fourth-order valence-corrected chi connectivity index (χ4v) is 4.32. The molecule has 0 heterocycles. The molecule has 0 saturated heterocycles. The Kier molecular flexibility index (Phi) is 6.89. The Bertz CT molecular complexity index is 838. The highest BCUT2D eigenvalue weighted by atomic mass is 35.5. The third-order valence-corrected chi connectivity index (χ3v) is 6.15. The second-order valence-corrected chi connectivity index (χ2v) is 8.36. The number of carbonyl (C=O) groups excluding carboxylic acids is 1. The summed E-state index contributed by atoms with van der Waals surface area (Å²) in [4.78, 5) is 12.6. The van der Waals surface area contributed by atoms with E-state index in [-0.39, 0.29) is 22.5 Å². The predicted molar refractivity (Wildman–Crippen MR) is 109 cm³/mol. The van der Waals surface area contributed by atoms with Gasteiger partial charge < -0.3 is 5.32 Å². The molecule has 1 N–H and O–H groups in total. The van der Waals surface area contributed by atoms with E-state index >= 15 is 0 Å². The SMILES string of the molecule is C[C@@H]1CC(CCc2ccccc2)CCC1NC(=O)c1cc(C(F)(F)F)ccc1Cl. The number of amides is 1. The summed E-state index contributed by atoms with van der Waals surface area (Å²) < 4.78 is 38.8. The Labute approximate surface area is 174 Å². The Morgan fingerprint density at radius 3 is 2.52 bits per heavy atom. The monoisotopic (exact) mass is 423 g/mol. The highest BCUT2D eigenvalue weighted by Gasteiger charge is 2.33. The molecular weight excluding hydrogens is 399 g/mol. The summed E-state index contributed by atoms with van der Waals surface area (Å²) in [5.74, 6) is 0.314. The van der Waals surface area contributed by atoms with Crippen LogP contribution in [-0.2, 0) is 12.6 Å². The van der Waals surface area contributed by atoms with Crippen LogP contribution < -0.4 is 5.32 Å². The van der Waals surface area contributed by atoms with Crippen LogP contribution in [0.4, 0.5) is 13.2 Å². The number of aryl methyl sites for hydroxylation is 1. The molecule has 1 saturated carbocycles. The van der Waals surface area contributed by atoms with Gasteiger partial charge in [-0.15, -0.1) is 0 Å². The van der Waals surface area contributed by atoms with E-state index in [4.69, 9.17) is 11.6 Å². The first-order valence-electron chi connectivity index (χ1n) is 9.95. The van der Waals surface area contributed by atoms with Crippen molar-refractivity contribution < 1.29 is 18.0 Å². The predicted octanol–water partition coefficient (Wildman–Crippen LogP) is 6.53. The molecule has 3 atom stereocenters. The molecule has 156 valence electrons. The number of carbonyl (C=O) groups is 1. The third-order valence-electron chi connectivity index (χ3n) is 5.82. The summed E-state index contributed by atoms with van der Waals surface area (Å²) in [5, 5.41) is 2.94. The van der Waals surface area contributed by atoms with Crippen LogP contribution >= 0.6 is 11.6 Å². The molecule has 29 heavy (non-hydrogen) atoms. The molecule has 2 nitrogen and oxygen atoms in total. The lowest BCUT2D eigenvalue weighted by molar-refractivity contribution is -0.137. The lowest BCUT2D eigenvalue weighted by Crippen LogP contribution is -2.43. The first-order valence-corrected chi connectivity index (χ1v) is 10.3. The number of alkyl halides is 3. The van der Waals surface area contributed by atoms with E-state index < -0.39 is 17.6 Å². The molecule has 2 unspecified atom stereocenters. The van der Waals surface area contributed by atoms with Crippen molar-refractivity contribution in [2.75, 3.05) is 0 Å². The Balaban J connectivity index is 1.57. The van der Waals surface area contributed by atoms with Gasteiger partial charge in [-0.1, -0.05) is 48.9 Å². The largest absolute Gasteiger partial charge is 0.416 e. The molecule has 3 rings (SSSR count). The zero-order valence-corrected chi connectivity index (χ0v) is 17.1. The zero-order chi connectivity index (χ0) is 21.0. The van der Waals surface area contributed by atoms with Gasteiger partial charge in [-0.2, -0.15) is 13.2 Å². The van der Waals surface area contributed by atoms with Crippen molar-refractivity contribution in [3.05, 3.63) is 70.2 Å². The standard InChI is InChI=1S/C23H25ClF3NO/c1-15-13-17(8-7-16-5-3-2-4-6-16)9-12-21(15)28-22(29)19-14-18(23(25,26)27)10-11-20(19)24/h2-6,10-11,14-15,17,21H,7-9,12-13H2,1H3,(H,28,29)/t15-,17?,21?/m1/s1. The summed E-state index contributed by atoms with van der Waals surface area (Å²) in [6, 6.07) is 13.2. The molecule has 6 heteroatoms. The maximum atomic E-state index is 12.9. The first-order chi connectivity index (χ1) is 13.7. The summed E-state index contributed by atoms with van der Waals surface area (Å²) in [6.45, 7) is 2.09. The molecule has 1 amide bonds. The maximum Gasteiger partial charge on any atom is 0.416 e. The minimum atomic E-state index is -4.51. The number of halogens is 4. The quantitative estimate of drug-likeness (QED) is 0.582. The van der Waals surface area contributed by atoms with Gasteiger partial charge in [0.2, 0.25) is 0 Å². The molecule has 0 spiro atoms. The van der Waals surface area contributed by atoms with Crippen LogP contribution in [0.5, 0.6) is 0 Å². The summed E-state index contributed by atoms with van der Waals surface area (Å²) in [5.41, 5.74) is 0.333. The number of nitrogens with one attached hydrogen (secondary N) is 1. The van der Waals surface area contributed by atoms with Crippen LogP contribution in [0, 0.1) is 11.8 Å². The second-order valence-electron chi connectivity index (χ2n) is 7.95. The van der Waals surface area contributed by atoms with Gasteiger partial charge in [0.1, 0.15) is 0 Å². The zero-order valence-electron chi connectivity index (χ0n) is 16.3. The van der Waals surface area contributed by atoms with Gasteiger partial charge in [0, 0.05) is 6.04 Å². The van der Waals surface area contributed by atoms with E-state index in [2.05, 4.69) is 24.4 Å². The molecule has 1 aliphatic rings. The van der Waals surface area contributed by atoms with Gasteiger partial charge >= 0.3 is 6.18 Å². The first kappa shape index (κ1) is 21.7. The Morgan fingerprint density at radius 2 is 1.86 bits per heavy atom. The van der Waals surface area contributed by atoms with Gasteiger partial charge in [-0.3, -0.25) is 4.79 Å². The van der Waals surface area contributed by atoms with Crippen LogP contribution in [0.15, 0.2) is 48.5 Å². The highest BCUT2D eigenvalue weighted by Crippen LogP contribution is 2.34. The molecule has 0 aliphatic heterocycles. The van der Waals surface area contributed by atoms with Crippen molar-refractivity contribution >= 4 is 17.5 Å². The molecule has 1 aliphatic carbocycles. The van der Waals surface area contributed by atoms with Crippen molar-refractivity contribution in [3.63, 3.8) is 0 Å². The lowest BCUT2D eigenvalue weighted by atomic mass is 9.76. The minimum absolute atomic E-state index is 0.0275. The van der Waals surface area contributed by atoms with Crippen LogP contribution in [0.2, 0.25) is 5.02 Å². The van der Waals surface area contributed by atoms with Crippen LogP contribution in [0.1, 0.15) is 54.1 Å². The molecule has 0 radical (unpaired) electrons. The summed E-state index contributed by atoms with van der Waals surface area (Å²) in [6.07, 6.45) is 0.447. The van der Waals surface area contributed by atoms with Crippen LogP contribution in [0.3, 0.4) is 0 Å². The fourth-order valence-electron chi connectivity index (χ4n) is 4.12. The average molecular weight is 424 g/mol. The van der Waals surface area contributed by atoms with E-state index in [1.54, 1.807) is 0 Å². The highest BCUT2D eigenvalue weighted by molar-refractivity contribution is 6.33. The maximum absolute atomic E-state index is 12.9. The summed E-state index contributed by atoms with van der Waals surface area (Å²) in [7, 11) is 0. The average Bonchev–Trinajstić information content (AvgIpc) is 2.68. The van der Waals surface area contributed by atoms with E-state index in [1.165, 1.54) is 5.56 Å². The lowest BCUT2D eigenvalue weighted by Gasteiger charge is -2.35. The summed E-state index contributed by atoms with van der Waals surface area (Å²) >= 11 is 5.99. The second kappa shape index (κ2) is 9.21. The molecule has 2 aromatic carbocycles. The minimum Gasteiger partial charge on any atom is -0.349 e. The molecule has 0 bridgehead atoms. The molecule has 2 aromatic rings. The normalized spacial score (nSPS) is 22.3. The van der Waals surface area contributed by atoms with Gasteiger partial charge in [0.25, 0.3) is 5.91 Å². The number of hydrogen-bond acceptors (Lipinski definition) is 1. The smallest absolute Gasteiger partial charge is 0.349 e. The van der Waals surface area contributed by atoms with Gasteiger partial charge in [-0.05, 0) is 67.7 Å². The van der Waals surface area contributed by atoms with Crippen molar-refractivity contribution in [2.24, 2.45) is 11.8 Å². The van der Waals surface area contributed by atoms with Crippen molar-refractivity contribution in [1.29, 1.82) is 0 Å². The van der Waals surface area contributed by atoms with E-state index in [0.29, 0.717) is 5.92 Å². The van der Waals surface area contributed by atoms with Crippen LogP contribution in [-0.4, -0.2) is 11.9 Å². The molecule has 1 fully saturated rings. The van der Waals surface area contributed by atoms with E-state index in [1.807, 2.05) is 18.2 Å². The van der Waals surface area contributed by atoms with Crippen LogP contribution in [0.25, 0.3) is 0 Å². The topological polar surface area (TPSA) is 29.1 Å². The van der Waals surface area contributed by atoms with Gasteiger partial charge in [-0.25, -0.2) is 0 Å². The molecule has 0 aromatic heterocycles. The third kappa shape index (κ3) is 5.75. The Morgan fingerprint density at radius 1 is 1.14 bits per heavy atom.